The Bertz CT molecular complexity index is 700. The summed E-state index contributed by atoms with van der Waals surface area (Å²) in [6, 6.07) is 9.42. The third-order valence-corrected chi connectivity index (χ3v) is 3.32. The van der Waals surface area contributed by atoms with Gasteiger partial charge in [-0.3, -0.25) is 14.5 Å². The number of hydrogen-bond acceptors (Lipinski definition) is 6. The van der Waals surface area contributed by atoms with E-state index in [4.69, 9.17) is 10.6 Å². The van der Waals surface area contributed by atoms with Crippen LogP contribution in [-0.2, 0) is 20.9 Å². The number of para-hydroxylation sites is 1. The van der Waals surface area contributed by atoms with Gasteiger partial charge in [0, 0.05) is 10.9 Å². The number of aromatic nitrogens is 1. The molecule has 0 saturated carbocycles. The standard InChI is InChI=1S/C14H14N4O3/c15-17-14-10(5-9-3-1-2-4-11(9)16-14)6-18-12(19)7-21-8-13(18)20/h1-5H,6-8,15H2,(H,16,17). The SMILES string of the molecule is NNc1nc2ccccc2cc1CN1C(=O)COCC1=O. The number of imide groups is 1. The van der Waals surface area contributed by atoms with Gasteiger partial charge in [0.05, 0.1) is 12.1 Å². The van der Waals surface area contributed by atoms with E-state index in [-0.39, 0.29) is 31.6 Å². The molecule has 1 aliphatic heterocycles. The second-order valence-electron chi connectivity index (χ2n) is 4.70. The highest BCUT2D eigenvalue weighted by Crippen LogP contribution is 2.22. The van der Waals surface area contributed by atoms with Crippen LogP contribution in [0.15, 0.2) is 30.3 Å². The number of carbonyl (C=O) groups excluding carboxylic acids is 2. The average molecular weight is 286 g/mol. The second-order valence-corrected chi connectivity index (χ2v) is 4.70. The van der Waals surface area contributed by atoms with Crippen LogP contribution in [0.25, 0.3) is 10.9 Å². The highest BCUT2D eigenvalue weighted by molar-refractivity contribution is 5.98. The van der Waals surface area contributed by atoms with Crippen molar-refractivity contribution < 1.29 is 14.3 Å². The van der Waals surface area contributed by atoms with Crippen molar-refractivity contribution in [2.45, 2.75) is 6.54 Å². The van der Waals surface area contributed by atoms with E-state index >= 15 is 0 Å². The number of ether oxygens (including phenoxy) is 1. The van der Waals surface area contributed by atoms with Crippen LogP contribution in [0.2, 0.25) is 0 Å². The Labute approximate surface area is 120 Å². The van der Waals surface area contributed by atoms with Crippen LogP contribution < -0.4 is 11.3 Å². The fourth-order valence-electron chi connectivity index (χ4n) is 2.27. The number of nitrogens with zero attached hydrogens (tertiary/aromatic N) is 2. The molecule has 108 valence electrons. The van der Waals surface area contributed by atoms with Gasteiger partial charge in [0.25, 0.3) is 11.8 Å². The van der Waals surface area contributed by atoms with E-state index in [2.05, 4.69) is 10.4 Å². The molecule has 21 heavy (non-hydrogen) atoms. The molecule has 7 nitrogen and oxygen atoms in total. The molecule has 0 radical (unpaired) electrons. The first-order valence-corrected chi connectivity index (χ1v) is 6.45. The number of morpholine rings is 1. The average Bonchev–Trinajstić information content (AvgIpc) is 2.50. The molecule has 0 aliphatic carbocycles. The third-order valence-electron chi connectivity index (χ3n) is 3.32. The first-order valence-electron chi connectivity index (χ1n) is 6.45. The number of nitrogens with two attached hydrogens (primary N) is 1. The van der Waals surface area contributed by atoms with Crippen LogP contribution in [0.1, 0.15) is 5.56 Å². The predicted octanol–water partition coefficient (Wildman–Crippen LogP) is 0.406. The summed E-state index contributed by atoms with van der Waals surface area (Å²) in [4.78, 5) is 29.1. The molecule has 2 amide bonds. The fraction of sp³-hybridized carbons (Fsp3) is 0.214. The molecule has 0 spiro atoms. The summed E-state index contributed by atoms with van der Waals surface area (Å²) >= 11 is 0. The summed E-state index contributed by atoms with van der Waals surface area (Å²) in [7, 11) is 0. The van der Waals surface area contributed by atoms with Gasteiger partial charge in [0.1, 0.15) is 19.0 Å². The Balaban J connectivity index is 1.98. The number of hydrazine groups is 1. The molecule has 0 atom stereocenters. The summed E-state index contributed by atoms with van der Waals surface area (Å²) in [6.45, 7) is -0.0470. The van der Waals surface area contributed by atoms with Crippen molar-refractivity contribution >= 4 is 28.5 Å². The molecule has 3 rings (SSSR count). The number of pyridine rings is 1. The maximum Gasteiger partial charge on any atom is 0.255 e. The smallest absolute Gasteiger partial charge is 0.255 e. The number of carbonyl (C=O) groups is 2. The number of rotatable bonds is 3. The molecule has 2 aromatic rings. The highest BCUT2D eigenvalue weighted by atomic mass is 16.5. The lowest BCUT2D eigenvalue weighted by Gasteiger charge is -2.25. The van der Waals surface area contributed by atoms with E-state index in [1.165, 1.54) is 0 Å². The first-order chi connectivity index (χ1) is 10.2. The van der Waals surface area contributed by atoms with Gasteiger partial charge in [0.15, 0.2) is 0 Å². The van der Waals surface area contributed by atoms with E-state index in [0.29, 0.717) is 11.4 Å². The maximum atomic E-state index is 11.8. The van der Waals surface area contributed by atoms with E-state index in [0.717, 1.165) is 15.8 Å². The largest absolute Gasteiger partial charge is 0.362 e. The molecule has 1 aromatic carbocycles. The van der Waals surface area contributed by atoms with E-state index in [1.807, 2.05) is 30.3 Å². The Morgan fingerprint density at radius 3 is 2.67 bits per heavy atom. The van der Waals surface area contributed by atoms with Crippen molar-refractivity contribution in [2.24, 2.45) is 5.84 Å². The van der Waals surface area contributed by atoms with Crippen molar-refractivity contribution in [3.8, 4) is 0 Å². The lowest BCUT2D eigenvalue weighted by molar-refractivity contribution is -0.159. The number of amides is 2. The molecule has 0 unspecified atom stereocenters. The van der Waals surface area contributed by atoms with Gasteiger partial charge in [-0.05, 0) is 12.1 Å². The van der Waals surface area contributed by atoms with Gasteiger partial charge in [-0.15, -0.1) is 0 Å². The fourth-order valence-corrected chi connectivity index (χ4v) is 2.27. The number of benzene rings is 1. The van der Waals surface area contributed by atoms with Gasteiger partial charge in [-0.2, -0.15) is 0 Å². The monoisotopic (exact) mass is 286 g/mol. The molecular weight excluding hydrogens is 272 g/mol. The first kappa shape index (κ1) is 13.5. The second kappa shape index (κ2) is 5.47. The van der Waals surface area contributed by atoms with Crippen molar-refractivity contribution in [3.63, 3.8) is 0 Å². The van der Waals surface area contributed by atoms with Crippen molar-refractivity contribution in [1.82, 2.24) is 9.88 Å². The molecular formula is C14H14N4O3. The van der Waals surface area contributed by atoms with Crippen LogP contribution in [0.4, 0.5) is 5.82 Å². The summed E-state index contributed by atoms with van der Waals surface area (Å²) in [5.41, 5.74) is 3.98. The zero-order valence-corrected chi connectivity index (χ0v) is 11.2. The van der Waals surface area contributed by atoms with Crippen molar-refractivity contribution in [3.05, 3.63) is 35.9 Å². The molecule has 1 aromatic heterocycles. The zero-order chi connectivity index (χ0) is 14.8. The summed E-state index contributed by atoms with van der Waals surface area (Å²) in [6.07, 6.45) is 0. The summed E-state index contributed by atoms with van der Waals surface area (Å²) < 4.78 is 4.89. The van der Waals surface area contributed by atoms with Crippen LogP contribution in [0.5, 0.6) is 0 Å². The van der Waals surface area contributed by atoms with Crippen molar-refractivity contribution in [1.29, 1.82) is 0 Å². The summed E-state index contributed by atoms with van der Waals surface area (Å²) in [5, 5.41) is 0.916. The van der Waals surface area contributed by atoms with Gasteiger partial charge in [0.2, 0.25) is 0 Å². The van der Waals surface area contributed by atoms with E-state index < -0.39 is 0 Å². The van der Waals surface area contributed by atoms with E-state index in [1.54, 1.807) is 0 Å². The minimum Gasteiger partial charge on any atom is -0.362 e. The normalized spacial score (nSPS) is 15.6. The lowest BCUT2D eigenvalue weighted by atomic mass is 10.1. The molecule has 0 bridgehead atoms. The number of nitrogen functional groups attached to an aromatic ring is 1. The number of fused-ring (bicyclic) bond motifs is 1. The molecule has 1 fully saturated rings. The third kappa shape index (κ3) is 2.56. The lowest BCUT2D eigenvalue weighted by Crippen LogP contribution is -2.45. The maximum absolute atomic E-state index is 11.8. The Morgan fingerprint density at radius 1 is 1.24 bits per heavy atom. The Hall–Kier alpha value is -2.51. The molecule has 7 heteroatoms. The predicted molar refractivity (Wildman–Crippen MR) is 75.9 cm³/mol. The Morgan fingerprint density at radius 2 is 1.95 bits per heavy atom. The van der Waals surface area contributed by atoms with Crippen LogP contribution in [0, 0.1) is 0 Å². The quantitative estimate of drug-likeness (QED) is 0.482. The number of nitrogens with one attached hydrogen (secondary N) is 1. The topological polar surface area (TPSA) is 97.6 Å². The zero-order valence-electron chi connectivity index (χ0n) is 11.2. The van der Waals surface area contributed by atoms with Gasteiger partial charge in [-0.1, -0.05) is 18.2 Å². The Kier molecular flexibility index (Phi) is 3.51. The molecule has 1 aliphatic rings. The number of anilines is 1. The van der Waals surface area contributed by atoms with Crippen LogP contribution >= 0.6 is 0 Å². The van der Waals surface area contributed by atoms with Gasteiger partial charge >= 0.3 is 0 Å². The summed E-state index contributed by atoms with van der Waals surface area (Å²) in [5.74, 6) is 5.22. The molecule has 1 saturated heterocycles. The molecule has 2 heterocycles. The van der Waals surface area contributed by atoms with Crippen LogP contribution in [0.3, 0.4) is 0 Å². The van der Waals surface area contributed by atoms with E-state index in [9.17, 15) is 9.59 Å². The molecule has 3 N–H and O–H groups in total. The highest BCUT2D eigenvalue weighted by Gasteiger charge is 2.27. The van der Waals surface area contributed by atoms with Gasteiger partial charge in [-0.25, -0.2) is 10.8 Å². The number of hydrogen-bond donors (Lipinski definition) is 2. The minimum atomic E-state index is -0.359. The van der Waals surface area contributed by atoms with Crippen molar-refractivity contribution in [2.75, 3.05) is 18.6 Å². The minimum absolute atomic E-state index is 0.0852. The van der Waals surface area contributed by atoms with Crippen LogP contribution in [-0.4, -0.2) is 34.9 Å². The van der Waals surface area contributed by atoms with Gasteiger partial charge < -0.3 is 10.2 Å².